The van der Waals surface area contributed by atoms with Gasteiger partial charge in [-0.3, -0.25) is 0 Å². The smallest absolute Gasteiger partial charge is 0.352 e. The molecular weight excluding hydrogens is 360 g/mol. The molecule has 4 nitrogen and oxygen atoms in total. The van der Waals surface area contributed by atoms with E-state index in [1.807, 2.05) is 37.3 Å². The van der Waals surface area contributed by atoms with E-state index < -0.39 is 17.5 Å². The number of alkyl halides is 1. The Balaban J connectivity index is 2.28. The number of hydrogen-bond acceptors (Lipinski definition) is 4. The third kappa shape index (κ3) is 4.02. The first kappa shape index (κ1) is 17.7. The Morgan fingerprint density at radius 1 is 1.39 bits per heavy atom. The zero-order valence-corrected chi connectivity index (χ0v) is 15.0. The number of cyclic esters (lactones) is 1. The molecule has 0 saturated carbocycles. The average molecular weight is 381 g/mol. The Hall–Kier alpha value is -1.62. The number of benzene rings is 1. The van der Waals surface area contributed by atoms with Crippen molar-refractivity contribution in [2.45, 2.75) is 43.5 Å². The van der Waals surface area contributed by atoms with E-state index in [4.69, 9.17) is 9.47 Å². The van der Waals surface area contributed by atoms with E-state index in [9.17, 15) is 9.59 Å². The molecule has 0 fully saturated rings. The van der Waals surface area contributed by atoms with Crippen LogP contribution in [0.5, 0.6) is 0 Å². The lowest BCUT2D eigenvalue weighted by Crippen LogP contribution is -2.52. The van der Waals surface area contributed by atoms with Crippen molar-refractivity contribution in [3.8, 4) is 0 Å². The molecule has 5 heteroatoms. The zero-order chi connectivity index (χ0) is 16.9. The maximum atomic E-state index is 12.6. The van der Waals surface area contributed by atoms with Crippen molar-refractivity contribution in [1.82, 2.24) is 0 Å². The minimum Gasteiger partial charge on any atom is -0.463 e. The van der Waals surface area contributed by atoms with Gasteiger partial charge in [0.25, 0.3) is 0 Å². The minimum absolute atomic E-state index is 0.292. The van der Waals surface area contributed by atoms with Crippen LogP contribution in [0.4, 0.5) is 0 Å². The number of rotatable bonds is 6. The van der Waals surface area contributed by atoms with Crippen LogP contribution in [-0.2, 0) is 19.1 Å². The Morgan fingerprint density at radius 3 is 2.70 bits per heavy atom. The highest BCUT2D eigenvalue weighted by Gasteiger charge is 2.50. The molecule has 0 saturated heterocycles. The first-order valence-corrected chi connectivity index (χ1v) is 8.71. The second-order valence-electron chi connectivity index (χ2n) is 5.63. The van der Waals surface area contributed by atoms with Gasteiger partial charge < -0.3 is 9.47 Å². The van der Waals surface area contributed by atoms with E-state index in [0.717, 1.165) is 24.0 Å². The van der Waals surface area contributed by atoms with Gasteiger partial charge in [0.1, 0.15) is 0 Å². The van der Waals surface area contributed by atoms with Crippen LogP contribution in [0.15, 0.2) is 36.4 Å². The predicted molar refractivity (Wildman–Crippen MR) is 92.1 cm³/mol. The molecule has 1 unspecified atom stereocenters. The van der Waals surface area contributed by atoms with Crippen molar-refractivity contribution < 1.29 is 19.1 Å². The van der Waals surface area contributed by atoms with Crippen LogP contribution in [0.2, 0.25) is 0 Å². The molecule has 1 aromatic rings. The Bertz CT molecular complexity index is 594. The molecule has 1 aliphatic heterocycles. The standard InChI is InChI=1S/C18H21BrO4/c1-3-4-10-22-17(21)18(13(2)19)12-15(11-16(20)23-18)14-8-6-5-7-9-14/h5-9,11,13H,3-4,10,12H2,1-2H3/t13-,18?/m0/s1. The van der Waals surface area contributed by atoms with Gasteiger partial charge in [0, 0.05) is 12.5 Å². The molecule has 0 aromatic heterocycles. The van der Waals surface area contributed by atoms with Gasteiger partial charge in [-0.05, 0) is 24.5 Å². The highest BCUT2D eigenvalue weighted by Crippen LogP contribution is 2.38. The van der Waals surface area contributed by atoms with E-state index in [-0.39, 0.29) is 4.83 Å². The molecule has 0 spiro atoms. The molecule has 1 heterocycles. The van der Waals surface area contributed by atoms with Crippen LogP contribution in [0.3, 0.4) is 0 Å². The molecule has 0 bridgehead atoms. The van der Waals surface area contributed by atoms with Crippen molar-refractivity contribution in [3.05, 3.63) is 42.0 Å². The summed E-state index contributed by atoms with van der Waals surface area (Å²) in [6.45, 7) is 4.15. The van der Waals surface area contributed by atoms with Gasteiger partial charge in [-0.2, -0.15) is 0 Å². The summed E-state index contributed by atoms with van der Waals surface area (Å²) in [5, 5.41) is 0. The summed E-state index contributed by atoms with van der Waals surface area (Å²) in [5.41, 5.74) is 0.355. The third-order valence-electron chi connectivity index (χ3n) is 3.89. The van der Waals surface area contributed by atoms with Crippen molar-refractivity contribution in [1.29, 1.82) is 0 Å². The molecule has 0 aliphatic carbocycles. The van der Waals surface area contributed by atoms with Crippen LogP contribution in [0.1, 0.15) is 38.7 Å². The second-order valence-corrected chi connectivity index (χ2v) is 7.00. The van der Waals surface area contributed by atoms with E-state index in [1.165, 1.54) is 6.08 Å². The van der Waals surface area contributed by atoms with Crippen molar-refractivity contribution in [3.63, 3.8) is 0 Å². The van der Waals surface area contributed by atoms with E-state index in [1.54, 1.807) is 6.92 Å². The lowest BCUT2D eigenvalue weighted by atomic mass is 9.86. The quantitative estimate of drug-likeness (QED) is 0.426. The first-order chi connectivity index (χ1) is 11.0. The van der Waals surface area contributed by atoms with Gasteiger partial charge in [-0.25, -0.2) is 9.59 Å². The molecule has 0 radical (unpaired) electrons. The van der Waals surface area contributed by atoms with Crippen LogP contribution in [0, 0.1) is 0 Å². The summed E-state index contributed by atoms with van der Waals surface area (Å²) in [6, 6.07) is 9.53. The molecule has 23 heavy (non-hydrogen) atoms. The number of halogens is 1. The SMILES string of the molecule is CCCCOC(=O)C1([C@H](C)Br)CC(c2ccccc2)=CC(=O)O1. The second kappa shape index (κ2) is 7.77. The van der Waals surface area contributed by atoms with Crippen LogP contribution in [0.25, 0.3) is 5.57 Å². The predicted octanol–water partition coefficient (Wildman–Crippen LogP) is 3.88. The van der Waals surface area contributed by atoms with Gasteiger partial charge >= 0.3 is 11.9 Å². The van der Waals surface area contributed by atoms with E-state index in [2.05, 4.69) is 15.9 Å². The normalized spacial score (nSPS) is 22.0. The number of ether oxygens (including phenoxy) is 2. The molecule has 2 rings (SSSR count). The van der Waals surface area contributed by atoms with Gasteiger partial charge in [0.2, 0.25) is 5.60 Å². The monoisotopic (exact) mass is 380 g/mol. The Morgan fingerprint density at radius 2 is 2.09 bits per heavy atom. The Kier molecular flexibility index (Phi) is 5.99. The molecule has 0 amide bonds. The van der Waals surface area contributed by atoms with Crippen molar-refractivity contribution in [2.75, 3.05) is 6.61 Å². The third-order valence-corrected chi connectivity index (χ3v) is 4.63. The van der Waals surface area contributed by atoms with E-state index in [0.29, 0.717) is 13.0 Å². The number of carbonyl (C=O) groups is 2. The Labute approximate surface area is 145 Å². The molecule has 124 valence electrons. The van der Waals surface area contributed by atoms with Crippen LogP contribution < -0.4 is 0 Å². The molecule has 2 atom stereocenters. The van der Waals surface area contributed by atoms with Gasteiger partial charge in [-0.15, -0.1) is 0 Å². The largest absolute Gasteiger partial charge is 0.463 e. The van der Waals surface area contributed by atoms with Crippen molar-refractivity contribution in [2.24, 2.45) is 0 Å². The van der Waals surface area contributed by atoms with Gasteiger partial charge in [0.05, 0.1) is 11.4 Å². The summed E-state index contributed by atoms with van der Waals surface area (Å²) in [4.78, 5) is 24.3. The highest BCUT2D eigenvalue weighted by atomic mass is 79.9. The number of unbranched alkanes of at least 4 members (excludes halogenated alkanes) is 1. The fourth-order valence-corrected chi connectivity index (χ4v) is 2.93. The maximum Gasteiger partial charge on any atom is 0.352 e. The summed E-state index contributed by atoms with van der Waals surface area (Å²) >= 11 is 3.42. The number of carbonyl (C=O) groups excluding carboxylic acids is 2. The average Bonchev–Trinajstić information content (AvgIpc) is 2.55. The number of esters is 2. The summed E-state index contributed by atoms with van der Waals surface area (Å²) in [5.74, 6) is -1.01. The van der Waals surface area contributed by atoms with Crippen LogP contribution in [-0.4, -0.2) is 29.0 Å². The summed E-state index contributed by atoms with van der Waals surface area (Å²) < 4.78 is 10.8. The maximum absolute atomic E-state index is 12.6. The fraction of sp³-hybridized carbons (Fsp3) is 0.444. The lowest BCUT2D eigenvalue weighted by Gasteiger charge is -2.36. The topological polar surface area (TPSA) is 52.6 Å². The lowest BCUT2D eigenvalue weighted by molar-refractivity contribution is -0.180. The first-order valence-electron chi connectivity index (χ1n) is 7.80. The van der Waals surface area contributed by atoms with Crippen molar-refractivity contribution >= 4 is 33.4 Å². The molecule has 1 aliphatic rings. The molecule has 1 aromatic carbocycles. The minimum atomic E-state index is -1.33. The summed E-state index contributed by atoms with van der Waals surface area (Å²) in [6.07, 6.45) is 3.45. The zero-order valence-electron chi connectivity index (χ0n) is 13.4. The van der Waals surface area contributed by atoms with Gasteiger partial charge in [0.15, 0.2) is 0 Å². The molecular formula is C18H21BrO4. The van der Waals surface area contributed by atoms with E-state index >= 15 is 0 Å². The number of hydrogen-bond donors (Lipinski definition) is 0. The highest BCUT2D eigenvalue weighted by molar-refractivity contribution is 9.09. The summed E-state index contributed by atoms with van der Waals surface area (Å²) in [7, 11) is 0. The molecule has 0 N–H and O–H groups in total. The van der Waals surface area contributed by atoms with Crippen LogP contribution >= 0.6 is 15.9 Å². The van der Waals surface area contributed by atoms with Gasteiger partial charge in [-0.1, -0.05) is 59.6 Å². The fourth-order valence-electron chi connectivity index (χ4n) is 2.49.